The predicted octanol–water partition coefficient (Wildman–Crippen LogP) is 2.69. The van der Waals surface area contributed by atoms with E-state index < -0.39 is 6.36 Å². The number of nitrogens with one attached hydrogen (secondary N) is 1. The monoisotopic (exact) mass is 277 g/mol. The molecule has 0 heterocycles. The van der Waals surface area contributed by atoms with Gasteiger partial charge >= 0.3 is 6.36 Å². The number of benzene rings is 1. The van der Waals surface area contributed by atoms with Gasteiger partial charge in [-0.15, -0.1) is 13.2 Å². The molecule has 3 nitrogen and oxygen atoms in total. The lowest BCUT2D eigenvalue weighted by Gasteiger charge is -2.19. The predicted molar refractivity (Wildman–Crippen MR) is 65.7 cm³/mol. The Bertz CT molecular complexity index is 378. The molecule has 0 amide bonds. The highest BCUT2D eigenvalue weighted by Gasteiger charge is 2.30. The summed E-state index contributed by atoms with van der Waals surface area (Å²) in [4.78, 5) is 0. The summed E-state index contributed by atoms with van der Waals surface area (Å²) in [5, 5.41) is 12.2. The van der Waals surface area contributed by atoms with E-state index >= 15 is 0 Å². The van der Waals surface area contributed by atoms with Crippen LogP contribution in [0, 0.1) is 5.92 Å². The summed E-state index contributed by atoms with van der Waals surface area (Å²) in [6.45, 7) is 4.48. The average molecular weight is 277 g/mol. The van der Waals surface area contributed by atoms with Crippen LogP contribution in [-0.2, 0) is 6.54 Å². The van der Waals surface area contributed by atoms with Gasteiger partial charge in [0.2, 0.25) is 0 Å². The first-order valence-electron chi connectivity index (χ1n) is 6.00. The smallest absolute Gasteiger partial charge is 0.406 e. The number of hydrogen-bond acceptors (Lipinski definition) is 3. The van der Waals surface area contributed by atoms with Crippen molar-refractivity contribution < 1.29 is 23.0 Å². The molecule has 0 aliphatic carbocycles. The summed E-state index contributed by atoms with van der Waals surface area (Å²) in [5.74, 6) is -0.110. The average Bonchev–Trinajstić information content (AvgIpc) is 2.34. The number of alkyl halides is 3. The van der Waals surface area contributed by atoms with Gasteiger partial charge < -0.3 is 15.2 Å². The van der Waals surface area contributed by atoms with Crippen LogP contribution >= 0.6 is 0 Å². The van der Waals surface area contributed by atoms with Crippen molar-refractivity contribution in [2.45, 2.75) is 32.8 Å². The van der Waals surface area contributed by atoms with Crippen molar-refractivity contribution in [1.29, 1.82) is 0 Å². The van der Waals surface area contributed by atoms with Crippen LogP contribution in [0.2, 0.25) is 0 Å². The Hall–Kier alpha value is -1.27. The summed E-state index contributed by atoms with van der Waals surface area (Å²) in [6.07, 6.45) is -4.66. The van der Waals surface area contributed by atoms with Crippen molar-refractivity contribution in [2.24, 2.45) is 5.92 Å². The molecule has 1 aromatic carbocycles. The van der Waals surface area contributed by atoms with Crippen LogP contribution < -0.4 is 10.1 Å². The van der Waals surface area contributed by atoms with Gasteiger partial charge in [-0.05, 0) is 30.5 Å². The second-order valence-corrected chi connectivity index (χ2v) is 4.52. The molecule has 2 N–H and O–H groups in total. The van der Waals surface area contributed by atoms with E-state index in [2.05, 4.69) is 10.1 Å². The highest BCUT2D eigenvalue weighted by Crippen LogP contribution is 2.22. The van der Waals surface area contributed by atoms with Gasteiger partial charge in [0.15, 0.2) is 0 Å². The number of halogens is 3. The zero-order chi connectivity index (χ0) is 14.5. The summed E-state index contributed by atoms with van der Waals surface area (Å²) in [6, 6.07) is 5.83. The molecule has 6 heteroatoms. The molecular weight excluding hydrogens is 259 g/mol. The third-order valence-corrected chi connectivity index (χ3v) is 2.93. The molecule has 108 valence electrons. The summed E-state index contributed by atoms with van der Waals surface area (Å²) >= 11 is 0. The Labute approximate surface area is 110 Å². The van der Waals surface area contributed by atoms with Crippen molar-refractivity contribution in [3.63, 3.8) is 0 Å². The molecule has 0 saturated heterocycles. The van der Waals surface area contributed by atoms with Crippen LogP contribution in [0.3, 0.4) is 0 Å². The Morgan fingerprint density at radius 1 is 1.21 bits per heavy atom. The molecule has 0 radical (unpaired) electrons. The Kier molecular flexibility index (Phi) is 5.62. The van der Waals surface area contributed by atoms with Gasteiger partial charge in [0, 0.05) is 19.2 Å². The molecule has 0 aromatic heterocycles. The zero-order valence-electron chi connectivity index (χ0n) is 10.9. The van der Waals surface area contributed by atoms with Crippen LogP contribution in [-0.4, -0.2) is 24.1 Å². The third-order valence-electron chi connectivity index (χ3n) is 2.93. The molecule has 0 saturated carbocycles. The highest BCUT2D eigenvalue weighted by atomic mass is 19.4. The van der Waals surface area contributed by atoms with Gasteiger partial charge in [-0.25, -0.2) is 0 Å². The van der Waals surface area contributed by atoms with Crippen LogP contribution in [0.15, 0.2) is 24.3 Å². The van der Waals surface area contributed by atoms with Gasteiger partial charge in [-0.3, -0.25) is 0 Å². The molecule has 1 rings (SSSR count). The minimum absolute atomic E-state index is 0.0898. The van der Waals surface area contributed by atoms with Crippen molar-refractivity contribution in [3.8, 4) is 5.75 Å². The topological polar surface area (TPSA) is 41.5 Å². The quantitative estimate of drug-likeness (QED) is 0.840. The van der Waals surface area contributed by atoms with Crippen molar-refractivity contribution >= 4 is 0 Å². The maximum absolute atomic E-state index is 12.0. The fourth-order valence-corrected chi connectivity index (χ4v) is 1.45. The number of hydrogen-bond donors (Lipinski definition) is 2. The minimum atomic E-state index is -4.66. The Morgan fingerprint density at radius 2 is 1.79 bits per heavy atom. The van der Waals surface area contributed by atoms with Crippen molar-refractivity contribution in [1.82, 2.24) is 5.32 Å². The Balaban J connectivity index is 2.49. The number of rotatable bonds is 6. The van der Waals surface area contributed by atoms with E-state index in [9.17, 15) is 13.2 Å². The van der Waals surface area contributed by atoms with Gasteiger partial charge in [-0.2, -0.15) is 0 Å². The number of ether oxygens (including phenoxy) is 1. The lowest BCUT2D eigenvalue weighted by Crippen LogP contribution is -2.33. The van der Waals surface area contributed by atoms with E-state index in [0.29, 0.717) is 6.54 Å². The number of aliphatic hydroxyl groups is 1. The zero-order valence-corrected chi connectivity index (χ0v) is 10.9. The molecule has 0 fully saturated rings. The first kappa shape index (κ1) is 15.8. The van der Waals surface area contributed by atoms with E-state index in [4.69, 9.17) is 5.11 Å². The molecule has 0 aliphatic heterocycles. The first-order chi connectivity index (χ1) is 8.81. The van der Waals surface area contributed by atoms with E-state index in [-0.39, 0.29) is 24.3 Å². The molecule has 2 unspecified atom stereocenters. The van der Waals surface area contributed by atoms with Gasteiger partial charge in [0.05, 0.1) is 0 Å². The van der Waals surface area contributed by atoms with Crippen LogP contribution in [0.25, 0.3) is 0 Å². The molecule has 0 aliphatic rings. The van der Waals surface area contributed by atoms with Gasteiger partial charge in [0.25, 0.3) is 0 Å². The largest absolute Gasteiger partial charge is 0.573 e. The molecule has 19 heavy (non-hydrogen) atoms. The summed E-state index contributed by atoms with van der Waals surface area (Å²) < 4.78 is 39.7. The van der Waals surface area contributed by atoms with Crippen molar-refractivity contribution in [2.75, 3.05) is 6.61 Å². The lowest BCUT2D eigenvalue weighted by molar-refractivity contribution is -0.274. The fraction of sp³-hybridized carbons (Fsp3) is 0.538. The van der Waals surface area contributed by atoms with Crippen LogP contribution in [0.1, 0.15) is 19.4 Å². The van der Waals surface area contributed by atoms with E-state index in [1.165, 1.54) is 12.1 Å². The minimum Gasteiger partial charge on any atom is -0.406 e. The molecular formula is C13H18F3NO2. The van der Waals surface area contributed by atoms with E-state index in [1.54, 1.807) is 12.1 Å². The van der Waals surface area contributed by atoms with Gasteiger partial charge in [0.1, 0.15) is 5.75 Å². The van der Waals surface area contributed by atoms with E-state index in [0.717, 1.165) is 5.56 Å². The standard InChI is InChI=1S/C13H18F3NO2/c1-9(8-18)10(2)17-7-11-3-5-12(6-4-11)19-13(14,15)16/h3-6,9-10,17-18H,7-8H2,1-2H3. The number of aliphatic hydroxyl groups excluding tert-OH is 1. The molecule has 0 spiro atoms. The van der Waals surface area contributed by atoms with Crippen molar-refractivity contribution in [3.05, 3.63) is 29.8 Å². The van der Waals surface area contributed by atoms with Crippen LogP contribution in [0.5, 0.6) is 5.75 Å². The second-order valence-electron chi connectivity index (χ2n) is 4.52. The fourth-order valence-electron chi connectivity index (χ4n) is 1.45. The molecule has 2 atom stereocenters. The molecule has 1 aromatic rings. The highest BCUT2D eigenvalue weighted by molar-refractivity contribution is 5.27. The van der Waals surface area contributed by atoms with Gasteiger partial charge in [-0.1, -0.05) is 19.1 Å². The normalized spacial score (nSPS) is 15.1. The maximum atomic E-state index is 12.0. The summed E-state index contributed by atoms with van der Waals surface area (Å²) in [7, 11) is 0. The van der Waals surface area contributed by atoms with E-state index in [1.807, 2.05) is 13.8 Å². The summed E-state index contributed by atoms with van der Waals surface area (Å²) in [5.41, 5.74) is 0.853. The molecule has 0 bridgehead atoms. The first-order valence-corrected chi connectivity index (χ1v) is 6.00. The lowest BCUT2D eigenvalue weighted by atomic mass is 10.0. The second kappa shape index (κ2) is 6.77. The Morgan fingerprint density at radius 3 is 2.26 bits per heavy atom. The van der Waals surface area contributed by atoms with Crippen LogP contribution in [0.4, 0.5) is 13.2 Å². The third kappa shape index (κ3) is 5.94. The maximum Gasteiger partial charge on any atom is 0.573 e. The SMILES string of the molecule is CC(CO)C(C)NCc1ccc(OC(F)(F)F)cc1.